The zero-order valence-corrected chi connectivity index (χ0v) is 34.1. The predicted octanol–water partition coefficient (Wildman–Crippen LogP) is 16.6. The van der Waals surface area contributed by atoms with E-state index in [0.717, 1.165) is 56.1 Å². The molecule has 1 aromatic heterocycles. The fraction of sp³-hybridized carbons (Fsp3) is 0. The molecule has 0 aliphatic heterocycles. The van der Waals surface area contributed by atoms with Crippen molar-refractivity contribution in [2.45, 2.75) is 0 Å². The molecule has 2 nitrogen and oxygen atoms in total. The lowest BCUT2D eigenvalue weighted by atomic mass is 9.89. The SMILES string of the molecule is c1ccc(-c2cccc(-c3ccc(N(c4c(-c5ccccc5)cc(-c5ccccc5)cc4-c4ccccc4)c4cccc5c4c4ccccc4n5-c4ccccc4)cc3)c2)cc1. The predicted molar refractivity (Wildman–Crippen MR) is 263 cm³/mol. The summed E-state index contributed by atoms with van der Waals surface area (Å²) in [6.07, 6.45) is 0. The van der Waals surface area contributed by atoms with E-state index >= 15 is 0 Å². The van der Waals surface area contributed by atoms with Crippen LogP contribution in [0, 0.1) is 0 Å². The average Bonchev–Trinajstić information content (AvgIpc) is 3.71. The van der Waals surface area contributed by atoms with E-state index < -0.39 is 0 Å². The molecule has 0 unspecified atom stereocenters. The van der Waals surface area contributed by atoms with Gasteiger partial charge in [0.2, 0.25) is 0 Å². The van der Waals surface area contributed by atoms with Crippen molar-refractivity contribution in [3.8, 4) is 61.3 Å². The fourth-order valence-electron chi connectivity index (χ4n) is 9.09. The molecule has 11 rings (SSSR count). The lowest BCUT2D eigenvalue weighted by molar-refractivity contribution is 1.18. The molecule has 11 aromatic rings. The highest BCUT2D eigenvalue weighted by Crippen LogP contribution is 2.51. The molecule has 2 heteroatoms. The molecule has 0 aliphatic carbocycles. The number of hydrogen-bond acceptors (Lipinski definition) is 1. The summed E-state index contributed by atoms with van der Waals surface area (Å²) in [4.78, 5) is 2.52. The molecule has 1 heterocycles. The van der Waals surface area contributed by atoms with Crippen LogP contribution in [-0.2, 0) is 0 Å². The molecule has 10 aromatic carbocycles. The van der Waals surface area contributed by atoms with Gasteiger partial charge in [-0.15, -0.1) is 0 Å². The molecule has 0 radical (unpaired) electrons. The van der Waals surface area contributed by atoms with Crippen LogP contribution in [0.3, 0.4) is 0 Å². The minimum Gasteiger partial charge on any atom is -0.309 e. The number of para-hydroxylation sites is 2. The van der Waals surface area contributed by atoms with Crippen molar-refractivity contribution in [3.05, 3.63) is 255 Å². The number of anilines is 3. The summed E-state index contributed by atoms with van der Waals surface area (Å²) in [5.41, 5.74) is 18.4. The maximum Gasteiger partial charge on any atom is 0.0619 e. The number of benzene rings is 10. The molecule has 0 bridgehead atoms. The second-order valence-corrected chi connectivity index (χ2v) is 15.7. The average molecular weight is 791 g/mol. The molecule has 0 amide bonds. The van der Waals surface area contributed by atoms with Crippen molar-refractivity contribution in [1.82, 2.24) is 4.57 Å². The van der Waals surface area contributed by atoms with Crippen LogP contribution < -0.4 is 4.90 Å². The number of aromatic nitrogens is 1. The third-order valence-corrected chi connectivity index (χ3v) is 12.0. The van der Waals surface area contributed by atoms with Crippen molar-refractivity contribution in [3.63, 3.8) is 0 Å². The molecule has 0 aliphatic rings. The van der Waals surface area contributed by atoms with Gasteiger partial charge in [-0.25, -0.2) is 0 Å². The molecular formula is C60H42N2. The Kier molecular flexibility index (Phi) is 9.57. The summed E-state index contributed by atoms with van der Waals surface area (Å²) in [5, 5.41) is 2.39. The van der Waals surface area contributed by atoms with E-state index in [4.69, 9.17) is 0 Å². The highest BCUT2D eigenvalue weighted by molar-refractivity contribution is 6.17. The minimum absolute atomic E-state index is 1.07. The van der Waals surface area contributed by atoms with Crippen LogP contribution in [0.1, 0.15) is 0 Å². The summed E-state index contributed by atoms with van der Waals surface area (Å²) < 4.78 is 2.41. The van der Waals surface area contributed by atoms with E-state index in [1.165, 1.54) is 44.1 Å². The normalized spacial score (nSPS) is 11.2. The fourth-order valence-corrected chi connectivity index (χ4v) is 9.09. The second-order valence-electron chi connectivity index (χ2n) is 15.7. The topological polar surface area (TPSA) is 8.17 Å². The monoisotopic (exact) mass is 790 g/mol. The molecule has 62 heavy (non-hydrogen) atoms. The van der Waals surface area contributed by atoms with E-state index in [2.05, 4.69) is 264 Å². The van der Waals surface area contributed by atoms with Crippen molar-refractivity contribution >= 4 is 38.9 Å². The van der Waals surface area contributed by atoms with Crippen molar-refractivity contribution in [2.24, 2.45) is 0 Å². The lowest BCUT2D eigenvalue weighted by Crippen LogP contribution is -2.13. The highest BCUT2D eigenvalue weighted by atomic mass is 15.2. The van der Waals surface area contributed by atoms with Crippen LogP contribution in [-0.4, -0.2) is 4.57 Å². The zero-order valence-electron chi connectivity index (χ0n) is 34.1. The van der Waals surface area contributed by atoms with Gasteiger partial charge >= 0.3 is 0 Å². The van der Waals surface area contributed by atoms with E-state index in [-0.39, 0.29) is 0 Å². The second kappa shape index (κ2) is 16.1. The third kappa shape index (κ3) is 6.74. The van der Waals surface area contributed by atoms with Gasteiger partial charge in [0.25, 0.3) is 0 Å². The Bertz CT molecular complexity index is 3240. The van der Waals surface area contributed by atoms with Crippen LogP contribution in [0.4, 0.5) is 17.1 Å². The first-order valence-electron chi connectivity index (χ1n) is 21.3. The van der Waals surface area contributed by atoms with Crippen LogP contribution >= 0.6 is 0 Å². The lowest BCUT2D eigenvalue weighted by Gasteiger charge is -2.32. The molecular weight excluding hydrogens is 749 g/mol. The Morgan fingerprint density at radius 2 is 0.726 bits per heavy atom. The first-order valence-corrected chi connectivity index (χ1v) is 21.3. The zero-order chi connectivity index (χ0) is 41.2. The maximum atomic E-state index is 2.52. The van der Waals surface area contributed by atoms with Gasteiger partial charge in [0.15, 0.2) is 0 Å². The highest BCUT2D eigenvalue weighted by Gasteiger charge is 2.27. The van der Waals surface area contributed by atoms with Gasteiger partial charge in [0.05, 0.1) is 22.4 Å². The summed E-state index contributed by atoms with van der Waals surface area (Å²) in [7, 11) is 0. The molecule has 0 N–H and O–H groups in total. The molecule has 0 fully saturated rings. The van der Waals surface area contributed by atoms with Gasteiger partial charge in [-0.3, -0.25) is 0 Å². The molecule has 292 valence electrons. The first kappa shape index (κ1) is 36.8. The molecule has 0 spiro atoms. The van der Waals surface area contributed by atoms with Crippen molar-refractivity contribution in [2.75, 3.05) is 4.90 Å². The quantitative estimate of drug-likeness (QED) is 0.141. The summed E-state index contributed by atoms with van der Waals surface area (Å²) in [5.74, 6) is 0. The number of rotatable bonds is 9. The Balaban J connectivity index is 1.22. The van der Waals surface area contributed by atoms with Crippen LogP contribution in [0.25, 0.3) is 83.1 Å². The largest absolute Gasteiger partial charge is 0.309 e. The number of fused-ring (bicyclic) bond motifs is 3. The summed E-state index contributed by atoms with van der Waals surface area (Å²) in [6.45, 7) is 0. The van der Waals surface area contributed by atoms with Gasteiger partial charge < -0.3 is 9.47 Å². The molecule has 0 saturated carbocycles. The van der Waals surface area contributed by atoms with Crippen molar-refractivity contribution < 1.29 is 0 Å². The number of nitrogens with zero attached hydrogens (tertiary/aromatic N) is 2. The van der Waals surface area contributed by atoms with Crippen LogP contribution in [0.2, 0.25) is 0 Å². The van der Waals surface area contributed by atoms with Gasteiger partial charge in [0.1, 0.15) is 0 Å². The van der Waals surface area contributed by atoms with Gasteiger partial charge in [-0.05, 0) is 105 Å². The van der Waals surface area contributed by atoms with Gasteiger partial charge in [-0.2, -0.15) is 0 Å². The summed E-state index contributed by atoms with van der Waals surface area (Å²) in [6, 6.07) is 92.3. The van der Waals surface area contributed by atoms with Gasteiger partial charge in [0, 0.05) is 33.3 Å². The van der Waals surface area contributed by atoms with E-state index in [9.17, 15) is 0 Å². The minimum atomic E-state index is 1.07. The Labute approximate surface area is 362 Å². The summed E-state index contributed by atoms with van der Waals surface area (Å²) >= 11 is 0. The van der Waals surface area contributed by atoms with Crippen molar-refractivity contribution in [1.29, 1.82) is 0 Å². The maximum absolute atomic E-state index is 2.52. The molecule has 0 saturated heterocycles. The Morgan fingerprint density at radius 3 is 1.31 bits per heavy atom. The first-order chi connectivity index (χ1) is 30.8. The van der Waals surface area contributed by atoms with Crippen LogP contribution in [0.15, 0.2) is 255 Å². The van der Waals surface area contributed by atoms with E-state index in [1.807, 2.05) is 0 Å². The smallest absolute Gasteiger partial charge is 0.0619 e. The van der Waals surface area contributed by atoms with E-state index in [0.29, 0.717) is 0 Å². The molecule has 0 atom stereocenters. The standard InChI is InChI=1S/C60H42N2/c1-6-20-43(21-7-1)48-28-18-29-49(40-48)45-36-38-52(39-37-45)62(58-35-19-34-57-59(58)53-32-16-17-33-56(53)61(57)51-30-14-5-15-31-51)60-54(46-24-10-3-11-25-46)41-50(44-22-8-2-9-23-44)42-55(60)47-26-12-4-13-27-47/h1-42H. The Morgan fingerprint density at radius 1 is 0.290 bits per heavy atom. The number of hydrogen-bond donors (Lipinski definition) is 0. The van der Waals surface area contributed by atoms with Gasteiger partial charge in [-0.1, -0.05) is 194 Å². The van der Waals surface area contributed by atoms with Crippen LogP contribution in [0.5, 0.6) is 0 Å². The van der Waals surface area contributed by atoms with E-state index in [1.54, 1.807) is 0 Å². The Hall–Kier alpha value is -8.20. The third-order valence-electron chi connectivity index (χ3n) is 12.0.